The van der Waals surface area contributed by atoms with Gasteiger partial charge in [-0.3, -0.25) is 0 Å². The van der Waals surface area contributed by atoms with Gasteiger partial charge in [0, 0.05) is 30.3 Å². The second-order valence-corrected chi connectivity index (χ2v) is 6.43. The maximum absolute atomic E-state index is 13.9. The van der Waals surface area contributed by atoms with Crippen molar-refractivity contribution in [2.75, 3.05) is 20.3 Å². The van der Waals surface area contributed by atoms with Gasteiger partial charge in [-0.05, 0) is 18.6 Å². The number of ether oxygens (including phenoxy) is 1. The summed E-state index contributed by atoms with van der Waals surface area (Å²) < 4.78 is 45.2. The second-order valence-electron chi connectivity index (χ2n) is 3.78. The molecule has 1 aromatic rings. The molecule has 0 spiro atoms. The topological polar surface area (TPSA) is 75.6 Å². The summed E-state index contributed by atoms with van der Waals surface area (Å²) in [6, 6.07) is 2.49. The summed E-state index contributed by atoms with van der Waals surface area (Å²) in [7, 11) is -2.44. The van der Waals surface area contributed by atoms with Crippen molar-refractivity contribution in [3.05, 3.63) is 28.0 Å². The van der Waals surface area contributed by atoms with Crippen molar-refractivity contribution < 1.29 is 22.7 Å². The molecule has 0 atom stereocenters. The first-order chi connectivity index (χ1) is 8.92. The SMILES string of the molecule is COCCCNS(=O)(=O)c1cc(Br)cc(CO)c1F. The average molecular weight is 356 g/mol. The molecule has 19 heavy (non-hydrogen) atoms. The molecule has 0 heterocycles. The molecule has 0 unspecified atom stereocenters. The molecule has 2 N–H and O–H groups in total. The van der Waals surface area contributed by atoms with E-state index in [1.165, 1.54) is 13.2 Å². The van der Waals surface area contributed by atoms with Crippen molar-refractivity contribution in [3.63, 3.8) is 0 Å². The van der Waals surface area contributed by atoms with Crippen molar-refractivity contribution in [1.82, 2.24) is 4.72 Å². The van der Waals surface area contributed by atoms with Crippen LogP contribution in [-0.4, -0.2) is 33.8 Å². The summed E-state index contributed by atoms with van der Waals surface area (Å²) in [5.74, 6) is -0.940. The number of sulfonamides is 1. The predicted octanol–water partition coefficient (Wildman–Crippen LogP) is 1.40. The number of halogens is 2. The van der Waals surface area contributed by atoms with E-state index < -0.39 is 27.3 Å². The number of methoxy groups -OCH3 is 1. The number of aliphatic hydroxyl groups excluding tert-OH is 1. The van der Waals surface area contributed by atoms with Crippen LogP contribution in [0, 0.1) is 5.82 Å². The fourth-order valence-corrected chi connectivity index (χ4v) is 3.30. The summed E-state index contributed by atoms with van der Waals surface area (Å²) in [5.41, 5.74) is -0.0772. The first-order valence-corrected chi connectivity index (χ1v) is 7.77. The lowest BCUT2D eigenvalue weighted by atomic mass is 10.2. The molecule has 0 aliphatic carbocycles. The number of rotatable bonds is 7. The molecule has 0 aliphatic rings. The Morgan fingerprint density at radius 2 is 2.16 bits per heavy atom. The lowest BCUT2D eigenvalue weighted by Gasteiger charge is -2.10. The minimum absolute atomic E-state index is 0.0772. The highest BCUT2D eigenvalue weighted by Crippen LogP contribution is 2.24. The minimum Gasteiger partial charge on any atom is -0.392 e. The Labute approximate surface area is 120 Å². The highest BCUT2D eigenvalue weighted by molar-refractivity contribution is 9.10. The van der Waals surface area contributed by atoms with E-state index in [9.17, 15) is 12.8 Å². The fraction of sp³-hybridized carbons (Fsp3) is 0.455. The van der Waals surface area contributed by atoms with Crippen LogP contribution in [0.15, 0.2) is 21.5 Å². The summed E-state index contributed by atoms with van der Waals surface area (Å²) in [6.45, 7) is -0.0145. The Morgan fingerprint density at radius 3 is 2.74 bits per heavy atom. The van der Waals surface area contributed by atoms with E-state index in [1.54, 1.807) is 0 Å². The van der Waals surface area contributed by atoms with E-state index in [0.29, 0.717) is 17.5 Å². The van der Waals surface area contributed by atoms with Gasteiger partial charge in [0.15, 0.2) is 0 Å². The summed E-state index contributed by atoms with van der Waals surface area (Å²) >= 11 is 3.08. The molecule has 1 aromatic carbocycles. The molecule has 8 heteroatoms. The van der Waals surface area contributed by atoms with E-state index >= 15 is 0 Å². The molecule has 108 valence electrons. The van der Waals surface area contributed by atoms with Gasteiger partial charge in [0.25, 0.3) is 0 Å². The van der Waals surface area contributed by atoms with Crippen LogP contribution in [-0.2, 0) is 21.4 Å². The van der Waals surface area contributed by atoms with Crippen LogP contribution >= 0.6 is 15.9 Å². The van der Waals surface area contributed by atoms with E-state index in [4.69, 9.17) is 9.84 Å². The molecule has 0 bridgehead atoms. The number of nitrogens with one attached hydrogen (secondary N) is 1. The zero-order valence-electron chi connectivity index (χ0n) is 10.3. The maximum Gasteiger partial charge on any atom is 0.243 e. The van der Waals surface area contributed by atoms with Crippen molar-refractivity contribution in [2.45, 2.75) is 17.9 Å². The van der Waals surface area contributed by atoms with Crippen LogP contribution in [0.3, 0.4) is 0 Å². The molecule has 0 aromatic heterocycles. The predicted molar refractivity (Wildman–Crippen MR) is 71.7 cm³/mol. The Bertz CT molecular complexity index is 536. The lowest BCUT2D eigenvalue weighted by Crippen LogP contribution is -2.26. The van der Waals surface area contributed by atoms with E-state index in [-0.39, 0.29) is 12.1 Å². The molecule has 0 saturated carbocycles. The average Bonchev–Trinajstić information content (AvgIpc) is 2.37. The first kappa shape index (κ1) is 16.5. The van der Waals surface area contributed by atoms with Gasteiger partial charge in [-0.2, -0.15) is 0 Å². The van der Waals surface area contributed by atoms with Crippen molar-refractivity contribution in [1.29, 1.82) is 0 Å². The standard InChI is InChI=1S/C11H15BrFNO4S/c1-18-4-2-3-14-19(16,17)10-6-9(12)5-8(7-15)11(10)13/h5-6,14-15H,2-4,7H2,1H3. The third kappa shape index (κ3) is 4.50. The number of hydrogen-bond donors (Lipinski definition) is 2. The highest BCUT2D eigenvalue weighted by atomic mass is 79.9. The molecule has 0 amide bonds. The van der Waals surface area contributed by atoms with Gasteiger partial charge in [0.05, 0.1) is 6.61 Å². The van der Waals surface area contributed by atoms with Gasteiger partial charge >= 0.3 is 0 Å². The molecule has 0 aliphatic heterocycles. The van der Waals surface area contributed by atoms with Crippen LogP contribution in [0.5, 0.6) is 0 Å². The number of benzene rings is 1. The third-order valence-corrected chi connectivity index (χ3v) is 4.27. The Kier molecular flexibility index (Phi) is 6.34. The van der Waals surface area contributed by atoms with Gasteiger partial charge in [0.2, 0.25) is 10.0 Å². The van der Waals surface area contributed by atoms with Gasteiger partial charge in [-0.1, -0.05) is 15.9 Å². The Hall–Kier alpha value is -0.540. The van der Waals surface area contributed by atoms with E-state index in [1.807, 2.05) is 0 Å². The first-order valence-electron chi connectivity index (χ1n) is 5.49. The van der Waals surface area contributed by atoms with Crippen molar-refractivity contribution in [3.8, 4) is 0 Å². The van der Waals surface area contributed by atoms with Crippen molar-refractivity contribution >= 4 is 26.0 Å². The zero-order chi connectivity index (χ0) is 14.5. The monoisotopic (exact) mass is 355 g/mol. The zero-order valence-corrected chi connectivity index (χ0v) is 12.7. The van der Waals surface area contributed by atoms with Gasteiger partial charge in [0.1, 0.15) is 10.7 Å². The summed E-state index contributed by atoms with van der Waals surface area (Å²) in [4.78, 5) is -0.483. The van der Waals surface area contributed by atoms with Crippen LogP contribution in [0.1, 0.15) is 12.0 Å². The Balaban J connectivity index is 2.98. The number of hydrogen-bond acceptors (Lipinski definition) is 4. The summed E-state index contributed by atoms with van der Waals surface area (Å²) in [6.07, 6.45) is 0.484. The number of aliphatic hydroxyl groups is 1. The van der Waals surface area contributed by atoms with Crippen LogP contribution in [0.2, 0.25) is 0 Å². The maximum atomic E-state index is 13.9. The molecule has 1 rings (SSSR count). The third-order valence-electron chi connectivity index (χ3n) is 2.36. The van der Waals surface area contributed by atoms with Crippen LogP contribution < -0.4 is 4.72 Å². The molecule has 0 saturated heterocycles. The Morgan fingerprint density at radius 1 is 1.47 bits per heavy atom. The van der Waals surface area contributed by atoms with Crippen molar-refractivity contribution in [2.24, 2.45) is 0 Å². The van der Waals surface area contributed by atoms with Gasteiger partial charge in [-0.25, -0.2) is 17.5 Å². The van der Waals surface area contributed by atoms with E-state index in [0.717, 1.165) is 6.07 Å². The molecular weight excluding hydrogens is 341 g/mol. The minimum atomic E-state index is -3.95. The highest BCUT2D eigenvalue weighted by Gasteiger charge is 2.21. The molecule has 5 nitrogen and oxygen atoms in total. The van der Waals surface area contributed by atoms with Gasteiger partial charge < -0.3 is 9.84 Å². The van der Waals surface area contributed by atoms with Gasteiger partial charge in [-0.15, -0.1) is 0 Å². The molecule has 0 radical (unpaired) electrons. The molecular formula is C11H15BrFNO4S. The largest absolute Gasteiger partial charge is 0.392 e. The smallest absolute Gasteiger partial charge is 0.243 e. The second kappa shape index (κ2) is 7.30. The van der Waals surface area contributed by atoms with Crippen LogP contribution in [0.25, 0.3) is 0 Å². The quantitative estimate of drug-likeness (QED) is 0.724. The van der Waals surface area contributed by atoms with Crippen LogP contribution in [0.4, 0.5) is 4.39 Å². The normalized spacial score (nSPS) is 11.8. The summed E-state index contributed by atoms with van der Waals surface area (Å²) in [5, 5.41) is 8.99. The lowest BCUT2D eigenvalue weighted by molar-refractivity contribution is 0.196. The fourth-order valence-electron chi connectivity index (χ4n) is 1.43. The van der Waals surface area contributed by atoms with E-state index in [2.05, 4.69) is 20.7 Å². The molecule has 0 fully saturated rings.